The molecular formula is C22H24BrN7O4S2. The van der Waals surface area contributed by atoms with Crippen LogP contribution in [0.5, 0.6) is 0 Å². The molecule has 6 N–H and O–H groups in total. The van der Waals surface area contributed by atoms with Gasteiger partial charge in [0, 0.05) is 28.8 Å². The Bertz CT molecular complexity index is 1310. The largest absolute Gasteiger partial charge is 0.370 e. The van der Waals surface area contributed by atoms with Crippen LogP contribution in [0.4, 0.5) is 5.69 Å². The van der Waals surface area contributed by atoms with Crippen molar-refractivity contribution in [2.24, 2.45) is 16.5 Å². The number of halogens is 1. The minimum absolute atomic E-state index is 0.0595. The molecule has 2 atom stereocenters. The summed E-state index contributed by atoms with van der Waals surface area (Å²) >= 11 is 4.48. The Balaban J connectivity index is 1.69. The number of amides is 1. The maximum absolute atomic E-state index is 12.9. The number of nitrogens with zero attached hydrogens (tertiary/aromatic N) is 3. The number of hydrogen-bond donors (Lipinski definition) is 4. The van der Waals surface area contributed by atoms with E-state index in [0.29, 0.717) is 17.9 Å². The van der Waals surface area contributed by atoms with E-state index in [4.69, 9.17) is 11.5 Å². The number of anilines is 1. The zero-order valence-electron chi connectivity index (χ0n) is 18.9. The summed E-state index contributed by atoms with van der Waals surface area (Å²) in [6.45, 7) is -0.0443. The van der Waals surface area contributed by atoms with Crippen LogP contribution >= 0.6 is 27.3 Å². The molecule has 3 aromatic rings. The van der Waals surface area contributed by atoms with E-state index in [0.717, 1.165) is 4.47 Å². The topological polar surface area (TPSA) is 175 Å². The second kappa shape index (κ2) is 13.1. The first-order valence-electron chi connectivity index (χ1n) is 10.7. The van der Waals surface area contributed by atoms with Gasteiger partial charge >= 0.3 is 0 Å². The number of thiazole rings is 1. The molecule has 3 rings (SSSR count). The third kappa shape index (κ3) is 7.83. The van der Waals surface area contributed by atoms with E-state index in [1.807, 2.05) is 0 Å². The molecule has 11 nitrogen and oxygen atoms in total. The standard InChI is InChI=1S/C22H24BrN7O4S2/c23-14-5-7-15(8-6-14)36(34)29-17-4-2-11-30(21(17)33)13-18(31)28-16(3-1-9-27-22(24)25)19(32)20-26-10-12-35-20/h2,4-8,10-12,16,29H,1,3,9,13H2,(H,28,31)(H4,24,25,27)/t16-,36?/m0/s1. The second-order valence-corrected chi connectivity index (χ2v) is 10.5. The maximum atomic E-state index is 12.9. The van der Waals surface area contributed by atoms with Gasteiger partial charge in [0.25, 0.3) is 5.56 Å². The lowest BCUT2D eigenvalue weighted by Crippen LogP contribution is -2.43. The number of rotatable bonds is 12. The SMILES string of the molecule is NC(N)=NCCC[C@H](NC(=O)Cn1cccc(NS(=O)c2ccc(Br)cc2)c1=O)C(=O)c1nccs1. The fraction of sp³-hybridized carbons (Fsp3) is 0.227. The first-order valence-corrected chi connectivity index (χ1v) is 13.5. The lowest BCUT2D eigenvalue weighted by Gasteiger charge is -2.17. The highest BCUT2D eigenvalue weighted by atomic mass is 79.9. The van der Waals surface area contributed by atoms with E-state index in [-0.39, 0.29) is 35.4 Å². The van der Waals surface area contributed by atoms with Crippen molar-refractivity contribution < 1.29 is 13.8 Å². The normalized spacial score (nSPS) is 12.4. The van der Waals surface area contributed by atoms with Crippen LogP contribution in [0.15, 0.2) is 73.3 Å². The quantitative estimate of drug-likeness (QED) is 0.107. The molecule has 36 heavy (non-hydrogen) atoms. The Hall–Kier alpha value is -3.36. The van der Waals surface area contributed by atoms with Crippen molar-refractivity contribution in [3.63, 3.8) is 0 Å². The van der Waals surface area contributed by atoms with Crippen molar-refractivity contribution in [1.82, 2.24) is 14.9 Å². The first kappa shape index (κ1) is 27.2. The number of carbonyl (C=O) groups is 2. The number of pyridine rings is 1. The van der Waals surface area contributed by atoms with Crippen molar-refractivity contribution in [3.05, 3.63) is 74.0 Å². The number of hydrogen-bond acceptors (Lipinski definition) is 7. The molecule has 1 unspecified atom stereocenters. The summed E-state index contributed by atoms with van der Waals surface area (Å²) < 4.78 is 17.3. The molecule has 0 saturated carbocycles. The number of guanidine groups is 1. The molecule has 2 aromatic heterocycles. The molecule has 0 spiro atoms. The van der Waals surface area contributed by atoms with Crippen LogP contribution in [0.3, 0.4) is 0 Å². The van der Waals surface area contributed by atoms with E-state index in [1.54, 1.807) is 35.7 Å². The molecule has 1 aromatic carbocycles. The number of benzene rings is 1. The van der Waals surface area contributed by atoms with E-state index in [9.17, 15) is 18.6 Å². The van der Waals surface area contributed by atoms with E-state index in [1.165, 1.54) is 34.4 Å². The molecule has 0 saturated heterocycles. The molecule has 0 aliphatic heterocycles. The van der Waals surface area contributed by atoms with Crippen LogP contribution in [0.2, 0.25) is 0 Å². The van der Waals surface area contributed by atoms with Gasteiger partial charge in [0.2, 0.25) is 11.7 Å². The number of nitrogens with one attached hydrogen (secondary N) is 2. The smallest absolute Gasteiger partial charge is 0.275 e. The second-order valence-electron chi connectivity index (χ2n) is 7.45. The predicted molar refractivity (Wildman–Crippen MR) is 143 cm³/mol. The Morgan fingerprint density at radius 2 is 1.97 bits per heavy atom. The van der Waals surface area contributed by atoms with Gasteiger partial charge in [-0.05, 0) is 49.2 Å². The molecule has 0 bridgehead atoms. The maximum Gasteiger partial charge on any atom is 0.275 e. The highest BCUT2D eigenvalue weighted by Crippen LogP contribution is 2.15. The van der Waals surface area contributed by atoms with Gasteiger partial charge in [-0.25, -0.2) is 9.19 Å². The minimum atomic E-state index is -1.68. The van der Waals surface area contributed by atoms with Gasteiger partial charge < -0.3 is 21.4 Å². The van der Waals surface area contributed by atoms with Gasteiger partial charge in [0.1, 0.15) is 23.2 Å². The van der Waals surface area contributed by atoms with E-state index >= 15 is 0 Å². The zero-order chi connectivity index (χ0) is 26.1. The molecule has 0 radical (unpaired) electrons. The summed E-state index contributed by atoms with van der Waals surface area (Å²) in [6, 6.07) is 8.98. The lowest BCUT2D eigenvalue weighted by atomic mass is 10.1. The van der Waals surface area contributed by atoms with Gasteiger partial charge in [-0.3, -0.25) is 24.1 Å². The number of nitrogens with two attached hydrogens (primary N) is 2. The van der Waals surface area contributed by atoms with Crippen molar-refractivity contribution in [2.45, 2.75) is 30.3 Å². The number of ketones is 1. The Morgan fingerprint density at radius 1 is 1.22 bits per heavy atom. The molecule has 0 fully saturated rings. The van der Waals surface area contributed by atoms with Gasteiger partial charge in [-0.1, -0.05) is 15.9 Å². The molecule has 0 aliphatic carbocycles. The number of carbonyl (C=O) groups excluding carboxylic acids is 2. The summed E-state index contributed by atoms with van der Waals surface area (Å²) in [5.41, 5.74) is 10.2. The van der Waals surface area contributed by atoms with E-state index < -0.39 is 28.5 Å². The Labute approximate surface area is 221 Å². The average Bonchev–Trinajstić information content (AvgIpc) is 3.38. The van der Waals surface area contributed by atoms with Crippen LogP contribution in [-0.4, -0.2) is 44.0 Å². The highest BCUT2D eigenvalue weighted by molar-refractivity contribution is 9.10. The fourth-order valence-electron chi connectivity index (χ4n) is 3.12. The summed E-state index contributed by atoms with van der Waals surface area (Å²) in [7, 11) is -1.68. The van der Waals surface area contributed by atoms with Crippen LogP contribution < -0.4 is 27.1 Å². The van der Waals surface area contributed by atoms with Crippen molar-refractivity contribution in [2.75, 3.05) is 11.3 Å². The van der Waals surface area contributed by atoms with Crippen LogP contribution in [0.25, 0.3) is 0 Å². The van der Waals surface area contributed by atoms with Gasteiger partial charge in [0.05, 0.1) is 10.9 Å². The van der Waals surface area contributed by atoms with Crippen molar-refractivity contribution in [3.8, 4) is 0 Å². The average molecular weight is 595 g/mol. The van der Waals surface area contributed by atoms with Crippen LogP contribution in [-0.2, 0) is 22.3 Å². The number of Topliss-reactive ketones (excluding diaryl/α,β-unsaturated/α-hetero) is 1. The minimum Gasteiger partial charge on any atom is -0.370 e. The Kier molecular flexibility index (Phi) is 9.90. The van der Waals surface area contributed by atoms with Crippen LogP contribution in [0.1, 0.15) is 22.6 Å². The third-order valence-corrected chi connectivity index (χ3v) is 7.23. The van der Waals surface area contributed by atoms with Crippen molar-refractivity contribution >= 4 is 61.6 Å². The third-order valence-electron chi connectivity index (χ3n) is 4.80. The lowest BCUT2D eigenvalue weighted by molar-refractivity contribution is -0.122. The molecular weight excluding hydrogens is 570 g/mol. The van der Waals surface area contributed by atoms with Crippen molar-refractivity contribution in [1.29, 1.82) is 0 Å². The molecule has 1 amide bonds. The Morgan fingerprint density at radius 3 is 2.64 bits per heavy atom. The molecule has 0 aliphatic rings. The predicted octanol–water partition coefficient (Wildman–Crippen LogP) is 1.62. The van der Waals surface area contributed by atoms with Gasteiger partial charge in [0.15, 0.2) is 11.0 Å². The van der Waals surface area contributed by atoms with E-state index in [2.05, 4.69) is 35.9 Å². The monoisotopic (exact) mass is 593 g/mol. The number of aromatic nitrogens is 2. The first-order chi connectivity index (χ1) is 17.2. The van der Waals surface area contributed by atoms with Gasteiger partial charge in [-0.2, -0.15) is 0 Å². The number of aliphatic imine (C=N–C) groups is 1. The molecule has 2 heterocycles. The molecule has 14 heteroatoms. The summed E-state index contributed by atoms with van der Waals surface area (Å²) in [4.78, 5) is 46.9. The fourth-order valence-corrected chi connectivity index (χ4v) is 4.87. The summed E-state index contributed by atoms with van der Waals surface area (Å²) in [5, 5.41) is 4.62. The highest BCUT2D eigenvalue weighted by Gasteiger charge is 2.24. The summed E-state index contributed by atoms with van der Waals surface area (Å²) in [5.74, 6) is -0.938. The molecule has 190 valence electrons. The zero-order valence-corrected chi connectivity index (χ0v) is 22.1. The summed E-state index contributed by atoms with van der Waals surface area (Å²) in [6.07, 6.45) is 3.67. The van der Waals surface area contributed by atoms with Crippen LogP contribution in [0, 0.1) is 0 Å². The van der Waals surface area contributed by atoms with Gasteiger partial charge in [-0.15, -0.1) is 11.3 Å².